The summed E-state index contributed by atoms with van der Waals surface area (Å²) >= 11 is 0. The average molecular weight is 344 g/mol. The molecule has 0 atom stereocenters. The summed E-state index contributed by atoms with van der Waals surface area (Å²) in [6.45, 7) is -0.0381. The summed E-state index contributed by atoms with van der Waals surface area (Å²) in [6.07, 6.45) is 0. The Hall–Kier alpha value is -3.22. The van der Waals surface area contributed by atoms with Gasteiger partial charge in [0.15, 0.2) is 0 Å². The lowest BCUT2D eigenvalue weighted by atomic mass is 10.1. The molecule has 2 aromatic carbocycles. The number of aromatic nitrogens is 1. The van der Waals surface area contributed by atoms with Crippen molar-refractivity contribution in [2.45, 2.75) is 6.54 Å². The highest BCUT2D eigenvalue weighted by atomic mass is 19.1. The zero-order valence-corrected chi connectivity index (χ0v) is 13.2. The van der Waals surface area contributed by atoms with E-state index in [0.717, 1.165) is 12.1 Å². The molecule has 0 aliphatic rings. The van der Waals surface area contributed by atoms with Crippen molar-refractivity contribution in [2.75, 3.05) is 12.4 Å². The van der Waals surface area contributed by atoms with Gasteiger partial charge in [-0.15, -0.1) is 0 Å². The number of halogens is 2. The summed E-state index contributed by atoms with van der Waals surface area (Å²) < 4.78 is 31.5. The number of hydrogen-bond acceptors (Lipinski definition) is 4. The molecule has 0 fully saturated rings. The van der Waals surface area contributed by atoms with Gasteiger partial charge in [0.25, 0.3) is 5.56 Å². The minimum Gasteiger partial charge on any atom is -0.465 e. The molecule has 2 N–H and O–H groups in total. The molecule has 0 bridgehead atoms. The summed E-state index contributed by atoms with van der Waals surface area (Å²) in [5.41, 5.74) is 0.120. The maximum atomic E-state index is 13.8. The summed E-state index contributed by atoms with van der Waals surface area (Å²) in [7, 11) is 1.17. The molecule has 0 aliphatic carbocycles. The van der Waals surface area contributed by atoms with Crippen LogP contribution < -0.4 is 10.9 Å². The van der Waals surface area contributed by atoms with Crippen LogP contribution in [0.25, 0.3) is 10.9 Å². The van der Waals surface area contributed by atoms with Gasteiger partial charge in [-0.1, -0.05) is 24.3 Å². The number of esters is 1. The molecule has 1 heterocycles. The number of carbonyl (C=O) groups is 1. The smallest absolute Gasteiger partial charge is 0.345 e. The number of benzene rings is 2. The quantitative estimate of drug-likeness (QED) is 0.713. The predicted octanol–water partition coefficient (Wildman–Crippen LogP) is 3.21. The lowest BCUT2D eigenvalue weighted by Gasteiger charge is -2.14. The Balaban J connectivity index is 2.09. The lowest BCUT2D eigenvalue weighted by Crippen LogP contribution is -2.22. The Labute approximate surface area is 141 Å². The lowest BCUT2D eigenvalue weighted by molar-refractivity contribution is 0.0600. The average Bonchev–Trinajstić information content (AvgIpc) is 2.60. The minimum absolute atomic E-state index is 0.0381. The van der Waals surface area contributed by atoms with Gasteiger partial charge < -0.3 is 15.0 Å². The molecule has 128 valence electrons. The number of nitrogens with one attached hydrogen (secondary N) is 2. The molecule has 3 aromatic rings. The zero-order chi connectivity index (χ0) is 18.0. The van der Waals surface area contributed by atoms with Gasteiger partial charge in [-0.05, 0) is 12.1 Å². The van der Waals surface area contributed by atoms with Crippen molar-refractivity contribution in [3.05, 3.63) is 75.6 Å². The first kappa shape index (κ1) is 16.6. The van der Waals surface area contributed by atoms with E-state index in [1.54, 1.807) is 24.3 Å². The number of anilines is 1. The Kier molecular flexibility index (Phi) is 4.47. The van der Waals surface area contributed by atoms with Gasteiger partial charge in [-0.3, -0.25) is 4.79 Å². The van der Waals surface area contributed by atoms with Gasteiger partial charge >= 0.3 is 5.97 Å². The number of ether oxygens (including phenoxy) is 1. The van der Waals surface area contributed by atoms with Crippen molar-refractivity contribution >= 4 is 22.6 Å². The van der Waals surface area contributed by atoms with Crippen LogP contribution in [0.4, 0.5) is 14.5 Å². The molecule has 0 amide bonds. The fourth-order valence-electron chi connectivity index (χ4n) is 2.57. The Morgan fingerprint density at radius 2 is 1.96 bits per heavy atom. The van der Waals surface area contributed by atoms with Crippen LogP contribution in [0.2, 0.25) is 0 Å². The number of para-hydroxylation sites is 1. The first-order chi connectivity index (χ1) is 12.0. The molecule has 0 radical (unpaired) electrons. The highest BCUT2D eigenvalue weighted by Gasteiger charge is 2.20. The second-order valence-corrected chi connectivity index (χ2v) is 5.33. The maximum Gasteiger partial charge on any atom is 0.345 e. The van der Waals surface area contributed by atoms with Gasteiger partial charge in [0, 0.05) is 23.6 Å². The van der Waals surface area contributed by atoms with Gasteiger partial charge in [-0.2, -0.15) is 0 Å². The Morgan fingerprint density at radius 3 is 2.68 bits per heavy atom. The van der Waals surface area contributed by atoms with Crippen LogP contribution in [0.15, 0.2) is 47.3 Å². The normalized spacial score (nSPS) is 10.7. The van der Waals surface area contributed by atoms with Gasteiger partial charge in [0.2, 0.25) is 0 Å². The summed E-state index contributed by atoms with van der Waals surface area (Å²) in [4.78, 5) is 26.9. The minimum atomic E-state index is -0.811. The largest absolute Gasteiger partial charge is 0.465 e. The van der Waals surface area contributed by atoms with Crippen LogP contribution in [-0.4, -0.2) is 18.1 Å². The zero-order valence-electron chi connectivity index (χ0n) is 13.2. The number of fused-ring (bicyclic) bond motifs is 1. The van der Waals surface area contributed by atoms with Crippen LogP contribution in [0, 0.1) is 11.6 Å². The SMILES string of the molecule is COC(=O)c1c(NCc2ccc(F)cc2F)c2ccccc2[nH]c1=O. The highest BCUT2D eigenvalue weighted by Crippen LogP contribution is 2.25. The molecule has 5 nitrogen and oxygen atoms in total. The van der Waals surface area contributed by atoms with Gasteiger partial charge in [0.1, 0.15) is 17.2 Å². The second-order valence-electron chi connectivity index (χ2n) is 5.33. The molecular formula is C18H14F2N2O3. The number of rotatable bonds is 4. The van der Waals surface area contributed by atoms with Crippen molar-refractivity contribution in [2.24, 2.45) is 0 Å². The molecule has 7 heteroatoms. The van der Waals surface area contributed by atoms with Crippen molar-refractivity contribution in [1.82, 2.24) is 4.98 Å². The topological polar surface area (TPSA) is 71.2 Å². The first-order valence-corrected chi connectivity index (χ1v) is 7.42. The summed E-state index contributed by atoms with van der Waals surface area (Å²) in [6, 6.07) is 10.1. The van der Waals surface area contributed by atoms with Crippen molar-refractivity contribution in [3.8, 4) is 0 Å². The molecule has 0 saturated heterocycles. The van der Waals surface area contributed by atoms with E-state index in [4.69, 9.17) is 0 Å². The molecule has 3 rings (SSSR count). The monoisotopic (exact) mass is 344 g/mol. The fraction of sp³-hybridized carbons (Fsp3) is 0.111. The third-order valence-corrected chi connectivity index (χ3v) is 3.78. The van der Waals surface area contributed by atoms with Crippen LogP contribution in [0.5, 0.6) is 0 Å². The first-order valence-electron chi connectivity index (χ1n) is 7.42. The number of hydrogen-bond donors (Lipinski definition) is 2. The number of H-pyrrole nitrogens is 1. The summed E-state index contributed by atoms with van der Waals surface area (Å²) in [5.74, 6) is -2.21. The fourth-order valence-corrected chi connectivity index (χ4v) is 2.57. The van der Waals surface area contributed by atoms with Crippen LogP contribution >= 0.6 is 0 Å². The molecule has 25 heavy (non-hydrogen) atoms. The van der Waals surface area contributed by atoms with Crippen LogP contribution in [-0.2, 0) is 11.3 Å². The van der Waals surface area contributed by atoms with E-state index < -0.39 is 23.2 Å². The Morgan fingerprint density at radius 1 is 1.20 bits per heavy atom. The molecule has 0 saturated carbocycles. The molecule has 0 unspecified atom stereocenters. The van der Waals surface area contributed by atoms with E-state index in [0.29, 0.717) is 10.9 Å². The van der Waals surface area contributed by atoms with Crippen LogP contribution in [0.3, 0.4) is 0 Å². The Bertz CT molecular complexity index is 1010. The van der Waals surface area contributed by atoms with Crippen molar-refractivity contribution < 1.29 is 18.3 Å². The molecule has 0 spiro atoms. The van der Waals surface area contributed by atoms with Gasteiger partial charge in [-0.25, -0.2) is 13.6 Å². The highest BCUT2D eigenvalue weighted by molar-refractivity contribution is 6.04. The summed E-state index contributed by atoms with van der Waals surface area (Å²) in [5, 5.41) is 3.48. The van der Waals surface area contributed by atoms with E-state index in [-0.39, 0.29) is 23.4 Å². The van der Waals surface area contributed by atoms with E-state index in [1.807, 2.05) is 0 Å². The standard InChI is InChI=1S/C18H14F2N2O3/c1-25-18(24)15-16(12-4-2-3-5-14(12)22-17(15)23)21-9-10-6-7-11(19)8-13(10)20/h2-8H,9H2,1H3,(H2,21,22,23). The second kappa shape index (κ2) is 6.72. The van der Waals surface area contributed by atoms with E-state index >= 15 is 0 Å². The predicted molar refractivity (Wildman–Crippen MR) is 89.6 cm³/mol. The maximum absolute atomic E-state index is 13.8. The van der Waals surface area contributed by atoms with E-state index in [1.165, 1.54) is 13.2 Å². The third kappa shape index (κ3) is 3.21. The third-order valence-electron chi connectivity index (χ3n) is 3.78. The van der Waals surface area contributed by atoms with Crippen molar-refractivity contribution in [3.63, 3.8) is 0 Å². The molecule has 1 aromatic heterocycles. The number of pyridine rings is 1. The van der Waals surface area contributed by atoms with Crippen LogP contribution in [0.1, 0.15) is 15.9 Å². The number of aromatic amines is 1. The van der Waals surface area contributed by atoms with E-state index in [2.05, 4.69) is 15.0 Å². The van der Waals surface area contributed by atoms with E-state index in [9.17, 15) is 18.4 Å². The molecular weight excluding hydrogens is 330 g/mol. The molecule has 0 aliphatic heterocycles. The van der Waals surface area contributed by atoms with Crippen molar-refractivity contribution in [1.29, 1.82) is 0 Å². The number of carbonyl (C=O) groups excluding carboxylic acids is 1. The number of methoxy groups -OCH3 is 1. The van der Waals surface area contributed by atoms with Gasteiger partial charge in [0.05, 0.1) is 18.3 Å².